The lowest BCUT2D eigenvalue weighted by atomic mass is 10.0. The molecule has 1 amide bonds. The van der Waals surface area contributed by atoms with Gasteiger partial charge in [-0.1, -0.05) is 13.0 Å². The molecule has 1 aliphatic rings. The van der Waals surface area contributed by atoms with Crippen LogP contribution < -0.4 is 19.7 Å². The number of methoxy groups -OCH3 is 2. The topological polar surface area (TPSA) is 76.6 Å². The molecule has 7 heteroatoms. The first-order chi connectivity index (χ1) is 13.1. The van der Waals surface area contributed by atoms with E-state index in [1.165, 1.54) is 6.42 Å². The molecule has 1 saturated heterocycles. The molecule has 0 radical (unpaired) electrons. The number of amides is 1. The number of hydrogen-bond donors (Lipinski definition) is 1. The van der Waals surface area contributed by atoms with Gasteiger partial charge in [-0.2, -0.15) is 0 Å². The number of hydrogen-bond acceptors (Lipinski definition) is 6. The number of piperidine rings is 1. The molecule has 2 heterocycles. The second-order valence-corrected chi connectivity index (χ2v) is 6.83. The van der Waals surface area contributed by atoms with Gasteiger partial charge in [0.1, 0.15) is 11.5 Å². The minimum Gasteiger partial charge on any atom is -0.493 e. The molecule has 0 saturated carbocycles. The minimum atomic E-state index is -0.254. The lowest BCUT2D eigenvalue weighted by Crippen LogP contribution is -2.35. The summed E-state index contributed by atoms with van der Waals surface area (Å²) in [7, 11) is 3.17. The van der Waals surface area contributed by atoms with Crippen molar-refractivity contribution in [3.63, 3.8) is 0 Å². The average Bonchev–Trinajstić information content (AvgIpc) is 2.71. The lowest BCUT2D eigenvalue weighted by Gasteiger charge is -2.31. The highest BCUT2D eigenvalue weighted by Gasteiger charge is 2.18. The van der Waals surface area contributed by atoms with E-state index >= 15 is 0 Å². The van der Waals surface area contributed by atoms with Crippen molar-refractivity contribution in [2.24, 2.45) is 5.92 Å². The van der Waals surface area contributed by atoms with Crippen LogP contribution in [0.2, 0.25) is 0 Å². The van der Waals surface area contributed by atoms with E-state index in [0.717, 1.165) is 30.9 Å². The zero-order valence-electron chi connectivity index (χ0n) is 16.1. The summed E-state index contributed by atoms with van der Waals surface area (Å²) in [5.41, 5.74) is 1.22. The van der Waals surface area contributed by atoms with Crippen LogP contribution in [0.4, 0.5) is 5.82 Å². The highest BCUT2D eigenvalue weighted by atomic mass is 16.5. The normalized spacial score (nSPS) is 16.7. The molecule has 1 aromatic heterocycles. The molecular weight excluding hydrogens is 344 g/mol. The van der Waals surface area contributed by atoms with Crippen molar-refractivity contribution in [2.45, 2.75) is 26.3 Å². The first-order valence-electron chi connectivity index (χ1n) is 9.16. The summed E-state index contributed by atoms with van der Waals surface area (Å²) in [6, 6.07) is 5.54. The highest BCUT2D eigenvalue weighted by Crippen LogP contribution is 2.27. The third-order valence-electron chi connectivity index (χ3n) is 4.75. The number of carbonyl (C=O) groups excluding carboxylic acids is 1. The van der Waals surface area contributed by atoms with Gasteiger partial charge in [0.15, 0.2) is 11.5 Å². The Labute approximate surface area is 159 Å². The van der Waals surface area contributed by atoms with Crippen LogP contribution in [-0.2, 0) is 6.54 Å². The molecule has 7 nitrogen and oxygen atoms in total. The number of nitrogens with one attached hydrogen (secondary N) is 1. The van der Waals surface area contributed by atoms with Crippen molar-refractivity contribution in [1.82, 2.24) is 15.3 Å². The maximum atomic E-state index is 12.4. The van der Waals surface area contributed by atoms with Crippen molar-refractivity contribution >= 4 is 11.7 Å². The first-order valence-corrected chi connectivity index (χ1v) is 9.16. The Morgan fingerprint density at radius 1 is 1.22 bits per heavy atom. The van der Waals surface area contributed by atoms with Crippen LogP contribution in [0.15, 0.2) is 30.6 Å². The van der Waals surface area contributed by atoms with Gasteiger partial charge in [-0.15, -0.1) is 0 Å². The Balaban J connectivity index is 1.59. The fraction of sp³-hybridized carbons (Fsp3) is 0.450. The van der Waals surface area contributed by atoms with Gasteiger partial charge in [-0.3, -0.25) is 4.79 Å². The Kier molecular flexibility index (Phi) is 6.11. The monoisotopic (exact) mass is 370 g/mol. The highest BCUT2D eigenvalue weighted by molar-refractivity contribution is 5.92. The predicted octanol–water partition coefficient (Wildman–Crippen LogP) is 2.66. The zero-order chi connectivity index (χ0) is 19.2. The second-order valence-electron chi connectivity index (χ2n) is 6.83. The number of nitrogens with zero attached hydrogens (tertiary/aromatic N) is 3. The molecule has 27 heavy (non-hydrogen) atoms. The van der Waals surface area contributed by atoms with Gasteiger partial charge in [0.25, 0.3) is 5.91 Å². The number of ether oxygens (including phenoxy) is 2. The molecule has 0 spiro atoms. The predicted molar refractivity (Wildman–Crippen MR) is 103 cm³/mol. The molecule has 1 N–H and O–H groups in total. The number of benzene rings is 1. The van der Waals surface area contributed by atoms with E-state index in [-0.39, 0.29) is 5.91 Å². The van der Waals surface area contributed by atoms with Crippen molar-refractivity contribution in [1.29, 1.82) is 0 Å². The van der Waals surface area contributed by atoms with Crippen LogP contribution >= 0.6 is 0 Å². The maximum absolute atomic E-state index is 12.4. The maximum Gasteiger partial charge on any atom is 0.271 e. The molecule has 3 rings (SSSR count). The van der Waals surface area contributed by atoms with E-state index in [2.05, 4.69) is 27.1 Å². The van der Waals surface area contributed by atoms with Crippen LogP contribution in [0.1, 0.15) is 35.8 Å². The zero-order valence-corrected chi connectivity index (χ0v) is 16.1. The summed E-state index contributed by atoms with van der Waals surface area (Å²) in [6.45, 7) is 4.59. The third kappa shape index (κ3) is 4.67. The third-order valence-corrected chi connectivity index (χ3v) is 4.75. The van der Waals surface area contributed by atoms with Gasteiger partial charge in [-0.25, -0.2) is 9.97 Å². The molecule has 1 aromatic carbocycles. The Bertz CT molecular complexity index is 779. The molecule has 1 fully saturated rings. The number of aromatic nitrogens is 2. The van der Waals surface area contributed by atoms with Crippen LogP contribution in [0, 0.1) is 5.92 Å². The van der Waals surface area contributed by atoms with Crippen molar-refractivity contribution in [2.75, 3.05) is 32.2 Å². The summed E-state index contributed by atoms with van der Waals surface area (Å²) in [5.74, 6) is 2.52. The van der Waals surface area contributed by atoms with E-state index in [4.69, 9.17) is 9.47 Å². The van der Waals surface area contributed by atoms with Crippen LogP contribution in [0.3, 0.4) is 0 Å². The molecule has 2 aromatic rings. The second kappa shape index (κ2) is 8.70. The molecule has 0 bridgehead atoms. The van der Waals surface area contributed by atoms with Crippen molar-refractivity contribution in [3.05, 3.63) is 41.9 Å². The van der Waals surface area contributed by atoms with Crippen molar-refractivity contribution < 1.29 is 14.3 Å². The Morgan fingerprint density at radius 2 is 2.04 bits per heavy atom. The Hall–Kier alpha value is -2.83. The van der Waals surface area contributed by atoms with Gasteiger partial charge in [-0.05, 0) is 36.5 Å². The van der Waals surface area contributed by atoms with Crippen LogP contribution in [0.25, 0.3) is 0 Å². The molecule has 1 unspecified atom stereocenters. The summed E-state index contributed by atoms with van der Waals surface area (Å²) in [4.78, 5) is 23.3. The van der Waals surface area contributed by atoms with Gasteiger partial charge >= 0.3 is 0 Å². The lowest BCUT2D eigenvalue weighted by molar-refractivity contribution is 0.0945. The molecule has 1 atom stereocenters. The summed E-state index contributed by atoms with van der Waals surface area (Å²) < 4.78 is 10.5. The standard InChI is InChI=1S/C20H26N4O3/c1-14-5-4-8-24(13-14)19-12-21-16(11-22-19)20(25)23-10-15-6-7-17(26-2)18(9-15)27-3/h6-7,9,11-12,14H,4-5,8,10,13H2,1-3H3,(H,23,25). The molecular formula is C20H26N4O3. The van der Waals surface area contributed by atoms with Gasteiger partial charge in [0.05, 0.1) is 26.6 Å². The molecule has 144 valence electrons. The van der Waals surface area contributed by atoms with Crippen LogP contribution in [-0.4, -0.2) is 43.2 Å². The fourth-order valence-electron chi connectivity index (χ4n) is 3.26. The number of carbonyl (C=O) groups is 1. The Morgan fingerprint density at radius 3 is 2.70 bits per heavy atom. The average molecular weight is 370 g/mol. The van der Waals surface area contributed by atoms with E-state index < -0.39 is 0 Å². The van der Waals surface area contributed by atoms with E-state index in [9.17, 15) is 4.79 Å². The van der Waals surface area contributed by atoms with E-state index in [1.807, 2.05) is 18.2 Å². The van der Waals surface area contributed by atoms with E-state index in [0.29, 0.717) is 29.7 Å². The minimum absolute atomic E-state index is 0.254. The first kappa shape index (κ1) is 18.9. The quantitative estimate of drug-likeness (QED) is 0.842. The molecule has 0 aliphatic carbocycles. The largest absolute Gasteiger partial charge is 0.493 e. The summed E-state index contributed by atoms with van der Waals surface area (Å²) in [5, 5.41) is 2.86. The van der Waals surface area contributed by atoms with Crippen LogP contribution in [0.5, 0.6) is 11.5 Å². The number of rotatable bonds is 6. The van der Waals surface area contributed by atoms with Gasteiger partial charge in [0, 0.05) is 19.6 Å². The van der Waals surface area contributed by atoms with Gasteiger partial charge in [0.2, 0.25) is 0 Å². The van der Waals surface area contributed by atoms with Crippen molar-refractivity contribution in [3.8, 4) is 11.5 Å². The molecule has 1 aliphatic heterocycles. The summed E-state index contributed by atoms with van der Waals surface area (Å²) in [6.07, 6.45) is 5.64. The summed E-state index contributed by atoms with van der Waals surface area (Å²) >= 11 is 0. The van der Waals surface area contributed by atoms with E-state index in [1.54, 1.807) is 26.6 Å². The smallest absolute Gasteiger partial charge is 0.271 e. The number of anilines is 1. The SMILES string of the molecule is COc1ccc(CNC(=O)c2cnc(N3CCCC(C)C3)cn2)cc1OC. The fourth-order valence-corrected chi connectivity index (χ4v) is 3.26. The van der Waals surface area contributed by atoms with Gasteiger partial charge < -0.3 is 19.7 Å².